The van der Waals surface area contributed by atoms with E-state index < -0.39 is 31.3 Å². The Labute approximate surface area is 199 Å². The maximum Gasteiger partial charge on any atom is 0.450 e. The Morgan fingerprint density at radius 2 is 1.09 bits per heavy atom. The van der Waals surface area contributed by atoms with Gasteiger partial charge < -0.3 is 4.57 Å². The average molecular weight is 500 g/mol. The zero-order chi connectivity index (χ0) is 24.6. The van der Waals surface area contributed by atoms with Crippen LogP contribution in [0.4, 0.5) is 13.2 Å². The molecule has 1 heterocycles. The van der Waals surface area contributed by atoms with Gasteiger partial charge in [-0.05, 0) is 11.4 Å². The first-order chi connectivity index (χ1) is 16.2. The predicted octanol–water partition coefficient (Wildman–Crippen LogP) is 5.78. The molecule has 0 amide bonds. The van der Waals surface area contributed by atoms with E-state index in [0.717, 1.165) is 27.3 Å². The number of carbonyl (C=O) groups excluding carboxylic acids is 2. The first-order valence-corrected chi connectivity index (χ1v) is 12.7. The van der Waals surface area contributed by atoms with Crippen LogP contribution in [0.15, 0.2) is 109 Å². The zero-order valence-corrected chi connectivity index (χ0v) is 19.5. The van der Waals surface area contributed by atoms with Crippen LogP contribution in [0.5, 0.6) is 0 Å². The summed E-state index contributed by atoms with van der Waals surface area (Å²) < 4.78 is 49.1. The van der Waals surface area contributed by atoms with E-state index in [2.05, 4.69) is 0 Å². The summed E-state index contributed by atoms with van der Waals surface area (Å²) in [6, 6.07) is 32.1. The van der Waals surface area contributed by atoms with Crippen molar-refractivity contribution in [2.24, 2.45) is 0 Å². The minimum atomic E-state index is -4.92. The summed E-state index contributed by atoms with van der Waals surface area (Å²) >= 11 is 1.01. The predicted molar refractivity (Wildman–Crippen MR) is 130 cm³/mol. The van der Waals surface area contributed by atoms with Gasteiger partial charge in [-0.1, -0.05) is 97.1 Å². The molecule has 3 nitrogen and oxygen atoms in total. The molecule has 0 aliphatic heterocycles. The number of benzene rings is 3. The van der Waals surface area contributed by atoms with Gasteiger partial charge in [0.15, 0.2) is 12.9 Å². The van der Waals surface area contributed by atoms with Crippen LogP contribution in [0.3, 0.4) is 0 Å². The van der Waals surface area contributed by atoms with E-state index in [1.807, 2.05) is 91.0 Å². The molecule has 3 aromatic carbocycles. The van der Waals surface area contributed by atoms with Gasteiger partial charge in [0.2, 0.25) is 5.78 Å². The monoisotopic (exact) mass is 500 g/mol. The number of carbonyl (C=O) groups is 2. The fraction of sp³-hybridized carbons (Fsp3) is 0.0769. The summed E-state index contributed by atoms with van der Waals surface area (Å²) in [5, 5.41) is 4.18. The van der Waals surface area contributed by atoms with Gasteiger partial charge in [-0.2, -0.15) is 13.2 Å². The normalized spacial score (nSPS) is 11.3. The van der Waals surface area contributed by atoms with Gasteiger partial charge >= 0.3 is 6.18 Å². The second kappa shape index (κ2) is 11.2. The minimum absolute atomic E-state index is 0.169. The second-order valence-electron chi connectivity index (χ2n) is 7.11. The van der Waals surface area contributed by atoms with Gasteiger partial charge in [0.1, 0.15) is 0 Å². The quantitative estimate of drug-likeness (QED) is 0.192. The molecular formula is C26H20F3O3PS. The van der Waals surface area contributed by atoms with E-state index >= 15 is 0 Å². The van der Waals surface area contributed by atoms with Crippen LogP contribution >= 0.6 is 18.5 Å². The van der Waals surface area contributed by atoms with E-state index in [9.17, 15) is 27.3 Å². The Hall–Kier alpha value is -3.28. The topological polar surface area (TPSA) is 51.2 Å². The molecule has 0 spiro atoms. The molecule has 1 aromatic heterocycles. The van der Waals surface area contributed by atoms with Crippen LogP contribution in [0.25, 0.3) is 0 Å². The lowest BCUT2D eigenvalue weighted by atomic mass is 10.2. The zero-order valence-electron chi connectivity index (χ0n) is 17.8. The number of thiophene rings is 1. The highest BCUT2D eigenvalue weighted by Gasteiger charge is 2.39. The largest absolute Gasteiger partial charge is 0.450 e. The first kappa shape index (κ1) is 25.3. The fourth-order valence-corrected chi connectivity index (χ4v) is 6.47. The maximum atomic E-state index is 13.8. The SMILES string of the molecule is O=C(CC(=O)C(F)(F)F)c1cccs1.O=P(c1ccccc1)(c1ccccc1)c1ccccc1. The Morgan fingerprint density at radius 3 is 1.41 bits per heavy atom. The van der Waals surface area contributed by atoms with Crippen molar-refractivity contribution in [3.05, 3.63) is 113 Å². The summed E-state index contributed by atoms with van der Waals surface area (Å²) in [6.45, 7) is 0. The van der Waals surface area contributed by atoms with Crippen molar-refractivity contribution in [3.8, 4) is 0 Å². The summed E-state index contributed by atoms with van der Waals surface area (Å²) in [4.78, 5) is 21.7. The highest BCUT2D eigenvalue weighted by molar-refractivity contribution is 7.85. The summed E-state index contributed by atoms with van der Waals surface area (Å²) in [5.74, 6) is -2.79. The Balaban J connectivity index is 0.000000204. The molecule has 0 bridgehead atoms. The third kappa shape index (κ3) is 6.19. The van der Waals surface area contributed by atoms with Crippen molar-refractivity contribution in [2.45, 2.75) is 12.6 Å². The molecular weight excluding hydrogens is 480 g/mol. The number of rotatable bonds is 6. The van der Waals surface area contributed by atoms with Gasteiger partial charge in [-0.25, -0.2) is 0 Å². The van der Waals surface area contributed by atoms with E-state index in [0.29, 0.717) is 0 Å². The van der Waals surface area contributed by atoms with E-state index in [-0.39, 0.29) is 4.88 Å². The number of hydrogen-bond donors (Lipinski definition) is 0. The number of halogens is 3. The van der Waals surface area contributed by atoms with Gasteiger partial charge in [0.25, 0.3) is 0 Å². The lowest BCUT2D eigenvalue weighted by Crippen LogP contribution is -2.25. The molecule has 0 atom stereocenters. The summed E-state index contributed by atoms with van der Waals surface area (Å²) in [5.41, 5.74) is 0. The molecule has 0 saturated heterocycles. The fourth-order valence-electron chi connectivity index (χ4n) is 3.13. The second-order valence-corrected chi connectivity index (χ2v) is 10.8. The van der Waals surface area contributed by atoms with Gasteiger partial charge in [-0.3, -0.25) is 9.59 Å². The van der Waals surface area contributed by atoms with Crippen molar-refractivity contribution in [1.82, 2.24) is 0 Å². The third-order valence-electron chi connectivity index (χ3n) is 4.79. The lowest BCUT2D eigenvalue weighted by Gasteiger charge is -2.19. The Morgan fingerprint density at radius 1 is 0.676 bits per heavy atom. The van der Waals surface area contributed by atoms with Gasteiger partial charge in [-0.15, -0.1) is 11.3 Å². The molecule has 174 valence electrons. The first-order valence-electron chi connectivity index (χ1n) is 10.2. The van der Waals surface area contributed by atoms with Crippen molar-refractivity contribution in [1.29, 1.82) is 0 Å². The number of alkyl halides is 3. The molecule has 34 heavy (non-hydrogen) atoms. The van der Waals surface area contributed by atoms with Crippen LogP contribution in [-0.4, -0.2) is 17.7 Å². The average Bonchev–Trinajstić information content (AvgIpc) is 3.40. The van der Waals surface area contributed by atoms with Crippen LogP contribution in [-0.2, 0) is 9.36 Å². The van der Waals surface area contributed by atoms with Crippen molar-refractivity contribution in [2.75, 3.05) is 0 Å². The standard InChI is InChI=1S/C18H15OP.C8H5F3O2S/c19-20(16-10-4-1-5-11-16,17-12-6-2-7-13-17)18-14-8-3-9-15-18;9-8(10,11)7(13)4-5(12)6-2-1-3-14-6/h1-15H;1-3H,4H2. The van der Waals surface area contributed by atoms with E-state index in [1.165, 1.54) is 12.1 Å². The maximum absolute atomic E-state index is 13.8. The van der Waals surface area contributed by atoms with Crippen molar-refractivity contribution >= 4 is 46.0 Å². The van der Waals surface area contributed by atoms with Crippen molar-refractivity contribution in [3.63, 3.8) is 0 Å². The highest BCUT2D eigenvalue weighted by Crippen LogP contribution is 2.41. The molecule has 0 radical (unpaired) electrons. The molecule has 4 aromatic rings. The van der Waals surface area contributed by atoms with Gasteiger partial charge in [0, 0.05) is 15.9 Å². The molecule has 0 fully saturated rings. The van der Waals surface area contributed by atoms with Crippen LogP contribution in [0, 0.1) is 0 Å². The number of Topliss-reactive ketones (excluding diaryl/α,β-unsaturated/α-hetero) is 2. The minimum Gasteiger partial charge on any atom is -0.309 e. The Kier molecular flexibility index (Phi) is 8.37. The smallest absolute Gasteiger partial charge is 0.309 e. The molecule has 0 aliphatic carbocycles. The van der Waals surface area contributed by atoms with Crippen molar-refractivity contribution < 1.29 is 27.3 Å². The molecule has 4 rings (SSSR count). The molecule has 8 heteroatoms. The van der Waals surface area contributed by atoms with Crippen LogP contribution in [0.2, 0.25) is 0 Å². The molecule has 0 aliphatic rings. The molecule has 0 unspecified atom stereocenters. The number of hydrogen-bond acceptors (Lipinski definition) is 4. The highest BCUT2D eigenvalue weighted by atomic mass is 32.1. The van der Waals surface area contributed by atoms with Gasteiger partial charge in [0.05, 0.1) is 11.3 Å². The lowest BCUT2D eigenvalue weighted by molar-refractivity contribution is -0.170. The molecule has 0 saturated carbocycles. The summed E-state index contributed by atoms with van der Waals surface area (Å²) in [6.07, 6.45) is -6.03. The summed E-state index contributed by atoms with van der Waals surface area (Å²) in [7, 11) is -2.78. The van der Waals surface area contributed by atoms with E-state index in [1.54, 1.807) is 5.38 Å². The van der Waals surface area contributed by atoms with Crippen LogP contribution < -0.4 is 15.9 Å². The third-order valence-corrected chi connectivity index (χ3v) is 8.78. The molecule has 0 N–H and O–H groups in total. The van der Waals surface area contributed by atoms with E-state index in [4.69, 9.17) is 0 Å². The number of ketones is 2. The Bertz CT molecular complexity index is 1150. The van der Waals surface area contributed by atoms with Crippen LogP contribution in [0.1, 0.15) is 16.1 Å².